The van der Waals surface area contributed by atoms with Gasteiger partial charge in [-0.3, -0.25) is 0 Å². The number of halogens is 2. The third kappa shape index (κ3) is 9.04. The zero-order valence-electron chi connectivity index (χ0n) is 37.1. The van der Waals surface area contributed by atoms with Gasteiger partial charge in [0.2, 0.25) is 0 Å². The number of imidazole rings is 2. The molecule has 64 heavy (non-hydrogen) atoms. The molecule has 0 aliphatic carbocycles. The van der Waals surface area contributed by atoms with Crippen LogP contribution in [0.15, 0.2) is 110 Å². The number of hydrogen-bond acceptors (Lipinski definition) is 6. The molecule has 10 nitrogen and oxygen atoms in total. The fourth-order valence-corrected chi connectivity index (χ4v) is 9.06. The Balaban J connectivity index is 0.000000162. The van der Waals surface area contributed by atoms with Gasteiger partial charge in [-0.1, -0.05) is 62.4 Å². The topological polar surface area (TPSA) is 97.1 Å². The molecular weight excluding hydrogens is 803 g/mol. The van der Waals surface area contributed by atoms with Crippen molar-refractivity contribution in [1.29, 1.82) is 0 Å². The quantitative estimate of drug-likeness (QED) is 0.151. The van der Waals surface area contributed by atoms with Crippen molar-refractivity contribution in [3.05, 3.63) is 190 Å². The van der Waals surface area contributed by atoms with Gasteiger partial charge in [-0.25, -0.2) is 38.1 Å². The second-order valence-corrected chi connectivity index (χ2v) is 17.3. The molecule has 4 aromatic carbocycles. The lowest BCUT2D eigenvalue weighted by atomic mass is 9.82. The highest BCUT2D eigenvalue weighted by Gasteiger charge is 2.32. The summed E-state index contributed by atoms with van der Waals surface area (Å²) in [6.07, 6.45) is 17.8. The van der Waals surface area contributed by atoms with Crippen LogP contribution in [0.3, 0.4) is 0 Å². The zero-order valence-corrected chi connectivity index (χ0v) is 37.1. The Morgan fingerprint density at radius 3 is 1.30 bits per heavy atom. The van der Waals surface area contributed by atoms with Gasteiger partial charge in [0.25, 0.3) is 0 Å². The Morgan fingerprint density at radius 1 is 0.531 bits per heavy atom. The van der Waals surface area contributed by atoms with Gasteiger partial charge in [0, 0.05) is 48.7 Å². The fourth-order valence-electron chi connectivity index (χ4n) is 9.06. The van der Waals surface area contributed by atoms with E-state index in [2.05, 4.69) is 74.1 Å². The van der Waals surface area contributed by atoms with Crippen molar-refractivity contribution in [3.63, 3.8) is 0 Å². The Labute approximate surface area is 372 Å². The molecule has 2 aliphatic heterocycles. The Hall–Kier alpha value is -7.08. The van der Waals surface area contributed by atoms with Crippen LogP contribution in [0.1, 0.15) is 107 Å². The van der Waals surface area contributed by atoms with Crippen molar-refractivity contribution < 1.29 is 8.78 Å². The number of benzene rings is 4. The smallest absolute Gasteiger partial charge is 0.174 e. The minimum Gasteiger partial charge on any atom is -0.306 e. The maximum Gasteiger partial charge on any atom is 0.174 e. The van der Waals surface area contributed by atoms with Crippen molar-refractivity contribution in [2.24, 2.45) is 11.8 Å². The minimum atomic E-state index is -0.216. The lowest BCUT2D eigenvalue weighted by molar-refractivity contribution is 0.347. The van der Waals surface area contributed by atoms with Crippen molar-refractivity contribution in [3.8, 4) is 11.4 Å². The summed E-state index contributed by atoms with van der Waals surface area (Å²) in [5, 5.41) is 9.43. The van der Waals surface area contributed by atoms with Gasteiger partial charge in [0.1, 0.15) is 23.3 Å². The van der Waals surface area contributed by atoms with E-state index in [0.717, 1.165) is 82.6 Å². The first-order chi connectivity index (χ1) is 30.9. The van der Waals surface area contributed by atoms with Gasteiger partial charge in [0.15, 0.2) is 11.6 Å². The van der Waals surface area contributed by atoms with E-state index in [4.69, 9.17) is 20.2 Å². The molecule has 2 aliphatic rings. The molecule has 0 saturated carbocycles. The van der Waals surface area contributed by atoms with Gasteiger partial charge in [-0.15, -0.1) is 0 Å². The van der Waals surface area contributed by atoms with Crippen molar-refractivity contribution in [2.45, 2.75) is 79.3 Å². The summed E-state index contributed by atoms with van der Waals surface area (Å²) in [4.78, 5) is 18.3. The normalized spacial score (nSPS) is 18.2. The lowest BCUT2D eigenvalue weighted by Crippen LogP contribution is -2.24. The number of fused-ring (bicyclic) bond motifs is 2. The number of nitrogens with zero attached hydrogens (tertiary/aromatic N) is 10. The predicted octanol–water partition coefficient (Wildman–Crippen LogP) is 11.1. The van der Waals surface area contributed by atoms with Gasteiger partial charge < -0.3 is 9.13 Å². The average Bonchev–Trinajstić information content (AvgIpc) is 4.10. The molecule has 12 heteroatoms. The molecule has 0 fully saturated rings. The van der Waals surface area contributed by atoms with Crippen molar-refractivity contribution >= 4 is 24.3 Å². The lowest BCUT2D eigenvalue weighted by Gasteiger charge is -2.28. The molecule has 0 amide bonds. The summed E-state index contributed by atoms with van der Waals surface area (Å²) in [5.74, 6) is 3.99. The molecule has 0 saturated heterocycles. The molecule has 0 spiro atoms. The van der Waals surface area contributed by atoms with E-state index in [0.29, 0.717) is 23.5 Å². The summed E-state index contributed by atoms with van der Waals surface area (Å²) in [7, 11) is 0. The Bertz CT molecular complexity index is 2770. The highest BCUT2D eigenvalue weighted by molar-refractivity contribution is 5.69. The van der Waals surface area contributed by atoms with Crippen LogP contribution in [0.25, 0.3) is 35.7 Å². The maximum atomic E-state index is 13.4. The Kier molecular flexibility index (Phi) is 11.8. The van der Waals surface area contributed by atoms with E-state index < -0.39 is 0 Å². The van der Waals surface area contributed by atoms with Crippen LogP contribution < -0.4 is 0 Å². The van der Waals surface area contributed by atoms with Crippen LogP contribution in [0.4, 0.5) is 8.78 Å². The summed E-state index contributed by atoms with van der Waals surface area (Å²) in [5.41, 5.74) is 10.9. The number of rotatable bonds is 8. The van der Waals surface area contributed by atoms with E-state index in [1.54, 1.807) is 0 Å². The molecule has 0 radical (unpaired) electrons. The highest BCUT2D eigenvalue weighted by Crippen LogP contribution is 2.38. The maximum absolute atomic E-state index is 13.4. The molecular formula is C52H52F2N10. The Morgan fingerprint density at radius 2 is 0.938 bits per heavy atom. The van der Waals surface area contributed by atoms with Gasteiger partial charge in [-0.2, -0.15) is 10.2 Å². The first-order valence-corrected chi connectivity index (χ1v) is 22.0. The fraction of sp³-hybridized carbons (Fsp3) is 0.269. The van der Waals surface area contributed by atoms with E-state index in [9.17, 15) is 8.78 Å². The number of aromatic nitrogens is 10. The monoisotopic (exact) mass is 854 g/mol. The van der Waals surface area contributed by atoms with E-state index in [1.165, 1.54) is 35.4 Å². The largest absolute Gasteiger partial charge is 0.306 e. The van der Waals surface area contributed by atoms with E-state index >= 15 is 0 Å². The van der Waals surface area contributed by atoms with Crippen molar-refractivity contribution in [2.75, 3.05) is 0 Å². The van der Waals surface area contributed by atoms with E-state index in [-0.39, 0.29) is 23.5 Å². The number of aryl methyl sites for hydroxylation is 6. The SMILES string of the molecule is Cc1cn(-c2ccc(/C=C/c3nc4n(n3)CC[C@@H](C)[C@@H]4c3ccc(F)cc3)cc2C)cn1.Cc1cn(-c2ccc(/C=C/c3nc4n(n3)CC[C@H](C)[C@H]4c3ccc(F)cc3)cc2C)cn1. The first kappa shape index (κ1) is 42.2. The third-order valence-electron chi connectivity index (χ3n) is 12.4. The summed E-state index contributed by atoms with van der Waals surface area (Å²) >= 11 is 0. The third-order valence-corrected chi connectivity index (χ3v) is 12.4. The number of hydrogen-bond donors (Lipinski definition) is 0. The molecule has 0 unspecified atom stereocenters. The van der Waals surface area contributed by atoms with Crippen LogP contribution in [-0.4, -0.2) is 48.6 Å². The summed E-state index contributed by atoms with van der Waals surface area (Å²) < 4.78 is 34.9. The van der Waals surface area contributed by atoms with Gasteiger partial charge >= 0.3 is 0 Å². The molecule has 6 heterocycles. The van der Waals surface area contributed by atoms with Crippen LogP contribution in [0.5, 0.6) is 0 Å². The van der Waals surface area contributed by atoms with E-state index in [1.807, 2.05) is 106 Å². The standard InChI is InChI=1S/2C26H26FN5/c2*1-17-12-13-32-26(25(17)21-6-8-22(27)9-7-21)29-24(30-32)11-5-20-4-10-23(18(2)14-20)31-15-19(3)28-16-31/h2*4-11,14-17,25H,12-13H2,1-3H3/b2*11-5+/t2*17-,25-/m10/s1. The van der Waals surface area contributed by atoms with Gasteiger partial charge in [-0.05, 0) is 146 Å². The van der Waals surface area contributed by atoms with Crippen LogP contribution in [0.2, 0.25) is 0 Å². The second-order valence-electron chi connectivity index (χ2n) is 17.3. The summed E-state index contributed by atoms with van der Waals surface area (Å²) in [6, 6.07) is 26.2. The molecule has 4 aromatic heterocycles. The molecule has 4 atom stereocenters. The molecule has 8 aromatic rings. The second kappa shape index (κ2) is 18.0. The highest BCUT2D eigenvalue weighted by atomic mass is 19.1. The summed E-state index contributed by atoms with van der Waals surface area (Å²) in [6.45, 7) is 14.3. The molecule has 10 rings (SSSR count). The average molecular weight is 855 g/mol. The van der Waals surface area contributed by atoms with Gasteiger partial charge in [0.05, 0.1) is 24.0 Å². The minimum absolute atomic E-state index is 0.124. The predicted molar refractivity (Wildman–Crippen MR) is 248 cm³/mol. The zero-order chi connectivity index (χ0) is 44.5. The molecule has 0 N–H and O–H groups in total. The molecule has 324 valence electrons. The van der Waals surface area contributed by atoms with Crippen LogP contribution in [-0.2, 0) is 13.1 Å². The van der Waals surface area contributed by atoms with Crippen LogP contribution >= 0.6 is 0 Å². The van der Waals surface area contributed by atoms with Crippen LogP contribution in [0, 0.1) is 51.2 Å². The molecule has 0 bridgehead atoms. The first-order valence-electron chi connectivity index (χ1n) is 22.0. The van der Waals surface area contributed by atoms with Crippen molar-refractivity contribution in [1.82, 2.24) is 48.6 Å².